The van der Waals surface area contributed by atoms with E-state index < -0.39 is 12.1 Å². The van der Waals surface area contributed by atoms with Gasteiger partial charge in [-0.1, -0.05) is 191 Å². The summed E-state index contributed by atoms with van der Waals surface area (Å²) in [5.41, 5.74) is 0. The molecule has 0 amide bonds. The SMILES string of the molecule is CC/C=C\C/C=C\C/C=C\CC(=O)OCC(COC(=O)CCCCCCCCC/C=C\CCCCCCCCCC)OC(=O)CCCCCCC/C=C\CCCC. The minimum absolute atomic E-state index is 0.107. The highest BCUT2D eigenvalue weighted by Crippen LogP contribution is 2.14. The van der Waals surface area contributed by atoms with Crippen LogP contribution in [0.25, 0.3) is 0 Å². The number of hydrogen-bond acceptors (Lipinski definition) is 6. The molecule has 1 unspecified atom stereocenters. The Kier molecular flexibility index (Phi) is 43.5. The summed E-state index contributed by atoms with van der Waals surface area (Å²) >= 11 is 0. The fourth-order valence-electron chi connectivity index (χ4n) is 6.42. The number of esters is 3. The zero-order valence-corrected chi connectivity index (χ0v) is 37.3. The van der Waals surface area contributed by atoms with E-state index in [0.717, 1.165) is 70.6 Å². The van der Waals surface area contributed by atoms with Gasteiger partial charge in [-0.15, -0.1) is 0 Å². The van der Waals surface area contributed by atoms with Gasteiger partial charge in [0, 0.05) is 12.8 Å². The van der Waals surface area contributed by atoms with Gasteiger partial charge in [-0.05, 0) is 77.0 Å². The van der Waals surface area contributed by atoms with Crippen molar-refractivity contribution in [1.82, 2.24) is 0 Å². The molecule has 0 rings (SSSR count). The lowest BCUT2D eigenvalue weighted by molar-refractivity contribution is -0.166. The van der Waals surface area contributed by atoms with Crippen LogP contribution in [-0.2, 0) is 28.6 Å². The van der Waals surface area contributed by atoms with Gasteiger partial charge in [0.2, 0.25) is 0 Å². The van der Waals surface area contributed by atoms with E-state index in [4.69, 9.17) is 14.2 Å². The molecule has 0 aliphatic rings. The maximum Gasteiger partial charge on any atom is 0.309 e. The van der Waals surface area contributed by atoms with Crippen molar-refractivity contribution in [3.8, 4) is 0 Å². The molecule has 6 nitrogen and oxygen atoms in total. The number of carbonyl (C=O) groups is 3. The zero-order valence-electron chi connectivity index (χ0n) is 37.3. The minimum Gasteiger partial charge on any atom is -0.462 e. The molecule has 0 saturated carbocycles. The third-order valence-corrected chi connectivity index (χ3v) is 10.0. The molecule has 0 radical (unpaired) electrons. The number of carbonyl (C=O) groups excluding carboxylic acids is 3. The van der Waals surface area contributed by atoms with E-state index in [2.05, 4.69) is 69.4 Å². The summed E-state index contributed by atoms with van der Waals surface area (Å²) < 4.78 is 16.6. The molecule has 1 atom stereocenters. The van der Waals surface area contributed by atoms with Crippen LogP contribution < -0.4 is 0 Å². The van der Waals surface area contributed by atoms with Gasteiger partial charge in [-0.3, -0.25) is 14.4 Å². The normalized spacial score (nSPS) is 12.5. The van der Waals surface area contributed by atoms with E-state index in [1.54, 1.807) is 6.08 Å². The van der Waals surface area contributed by atoms with E-state index in [1.165, 1.54) is 116 Å². The van der Waals surface area contributed by atoms with Gasteiger partial charge in [0.05, 0.1) is 6.42 Å². The average molecular weight is 797 g/mol. The van der Waals surface area contributed by atoms with E-state index >= 15 is 0 Å². The highest BCUT2D eigenvalue weighted by Gasteiger charge is 2.19. The van der Waals surface area contributed by atoms with Crippen molar-refractivity contribution in [2.24, 2.45) is 0 Å². The van der Waals surface area contributed by atoms with Crippen LogP contribution >= 0.6 is 0 Å². The van der Waals surface area contributed by atoms with E-state index in [-0.39, 0.29) is 31.6 Å². The summed E-state index contributed by atoms with van der Waals surface area (Å²) in [7, 11) is 0. The minimum atomic E-state index is -0.812. The summed E-state index contributed by atoms with van der Waals surface area (Å²) in [6, 6.07) is 0. The summed E-state index contributed by atoms with van der Waals surface area (Å²) in [5, 5.41) is 0. The van der Waals surface area contributed by atoms with Crippen molar-refractivity contribution in [3.63, 3.8) is 0 Å². The first-order valence-corrected chi connectivity index (χ1v) is 23.8. The van der Waals surface area contributed by atoms with E-state index in [0.29, 0.717) is 12.8 Å². The number of allylic oxidation sites excluding steroid dienone is 9. The van der Waals surface area contributed by atoms with E-state index in [9.17, 15) is 14.4 Å². The molecule has 0 fully saturated rings. The number of rotatable bonds is 42. The van der Waals surface area contributed by atoms with Gasteiger partial charge in [0.25, 0.3) is 0 Å². The van der Waals surface area contributed by atoms with Gasteiger partial charge < -0.3 is 14.2 Å². The number of ether oxygens (including phenoxy) is 3. The molecule has 0 heterocycles. The molecule has 0 bridgehead atoms. The van der Waals surface area contributed by atoms with Crippen LogP contribution in [0.4, 0.5) is 0 Å². The second-order valence-corrected chi connectivity index (χ2v) is 15.6. The first-order valence-electron chi connectivity index (χ1n) is 23.8. The summed E-state index contributed by atoms with van der Waals surface area (Å²) in [5.74, 6) is -1.05. The third kappa shape index (κ3) is 44.1. The third-order valence-electron chi connectivity index (χ3n) is 10.0. The summed E-state index contributed by atoms with van der Waals surface area (Å²) in [6.07, 6.45) is 55.3. The van der Waals surface area contributed by atoms with Crippen LogP contribution in [0.3, 0.4) is 0 Å². The van der Waals surface area contributed by atoms with Gasteiger partial charge in [0.15, 0.2) is 6.10 Å². The molecule has 328 valence electrons. The molecule has 0 aromatic carbocycles. The number of hydrogen-bond donors (Lipinski definition) is 0. The Labute approximate surface area is 351 Å². The molecule has 0 N–H and O–H groups in total. The average Bonchev–Trinajstić information content (AvgIpc) is 3.21. The summed E-state index contributed by atoms with van der Waals surface area (Å²) in [6.45, 7) is 6.36. The second kappa shape index (κ2) is 45.8. The lowest BCUT2D eigenvalue weighted by atomic mass is 10.1. The van der Waals surface area contributed by atoms with Crippen molar-refractivity contribution in [3.05, 3.63) is 60.8 Å². The molecular weight excluding hydrogens is 709 g/mol. The smallest absolute Gasteiger partial charge is 0.309 e. The largest absolute Gasteiger partial charge is 0.462 e. The van der Waals surface area contributed by atoms with Crippen LogP contribution in [0, 0.1) is 0 Å². The fourth-order valence-corrected chi connectivity index (χ4v) is 6.42. The van der Waals surface area contributed by atoms with Gasteiger partial charge >= 0.3 is 17.9 Å². The Morgan fingerprint density at radius 2 is 0.772 bits per heavy atom. The van der Waals surface area contributed by atoms with Crippen molar-refractivity contribution in [2.45, 2.75) is 232 Å². The Bertz CT molecular complexity index is 1050. The van der Waals surface area contributed by atoms with Crippen LogP contribution in [0.1, 0.15) is 226 Å². The van der Waals surface area contributed by atoms with Crippen LogP contribution in [0.2, 0.25) is 0 Å². The van der Waals surface area contributed by atoms with Gasteiger partial charge in [-0.2, -0.15) is 0 Å². The molecular formula is C51H88O6. The first-order chi connectivity index (χ1) is 28.0. The highest BCUT2D eigenvalue weighted by atomic mass is 16.6. The Hall–Kier alpha value is -2.89. The Balaban J connectivity index is 4.33. The van der Waals surface area contributed by atoms with Crippen molar-refractivity contribution in [1.29, 1.82) is 0 Å². The predicted molar refractivity (Wildman–Crippen MR) is 242 cm³/mol. The number of unbranched alkanes of at least 4 members (excludes halogenated alkanes) is 22. The Morgan fingerprint density at radius 1 is 0.386 bits per heavy atom. The van der Waals surface area contributed by atoms with Crippen LogP contribution in [0.5, 0.6) is 0 Å². The molecule has 0 aromatic heterocycles. The second-order valence-electron chi connectivity index (χ2n) is 15.6. The molecule has 0 aliphatic heterocycles. The van der Waals surface area contributed by atoms with Crippen molar-refractivity contribution in [2.75, 3.05) is 13.2 Å². The molecule has 6 heteroatoms. The molecule has 0 spiro atoms. The monoisotopic (exact) mass is 797 g/mol. The maximum absolute atomic E-state index is 12.7. The van der Waals surface area contributed by atoms with Crippen LogP contribution in [0.15, 0.2) is 60.8 Å². The van der Waals surface area contributed by atoms with Gasteiger partial charge in [-0.25, -0.2) is 0 Å². The van der Waals surface area contributed by atoms with Gasteiger partial charge in [0.1, 0.15) is 13.2 Å². The maximum atomic E-state index is 12.7. The lowest BCUT2D eigenvalue weighted by Gasteiger charge is -2.18. The molecule has 0 aromatic rings. The van der Waals surface area contributed by atoms with Crippen molar-refractivity contribution >= 4 is 17.9 Å². The summed E-state index contributed by atoms with van der Waals surface area (Å²) in [4.78, 5) is 37.6. The van der Waals surface area contributed by atoms with Crippen LogP contribution in [-0.4, -0.2) is 37.2 Å². The topological polar surface area (TPSA) is 78.9 Å². The molecule has 0 saturated heterocycles. The van der Waals surface area contributed by atoms with E-state index in [1.807, 2.05) is 6.08 Å². The zero-order chi connectivity index (χ0) is 41.5. The fraction of sp³-hybridized carbons (Fsp3) is 0.745. The molecule has 57 heavy (non-hydrogen) atoms. The highest BCUT2D eigenvalue weighted by molar-refractivity contribution is 5.72. The first kappa shape index (κ1) is 54.1. The predicted octanol–water partition coefficient (Wildman–Crippen LogP) is 15.3. The molecule has 0 aliphatic carbocycles. The van der Waals surface area contributed by atoms with Crippen molar-refractivity contribution < 1.29 is 28.6 Å². The quantitative estimate of drug-likeness (QED) is 0.0265. The standard InChI is InChI=1S/C51H88O6/c1-4-7-10-13-16-19-21-22-23-24-25-26-27-28-30-32-35-38-41-44-50(53)56-47-48(46-55-49(52)43-40-37-34-31-18-15-12-9-6-3)57-51(54)45-42-39-36-33-29-20-17-14-11-8-5-2/h9,12,14,17-18,24-25,31,37,40,48H,4-8,10-11,13,15-16,19-23,26-30,32-36,38-39,41-47H2,1-3H3/b12-9-,17-14-,25-24-,31-18-,40-37-. The Morgan fingerprint density at radius 3 is 1.26 bits per heavy atom. The lowest BCUT2D eigenvalue weighted by Crippen LogP contribution is -2.30.